The second kappa shape index (κ2) is 5.98. The zero-order chi connectivity index (χ0) is 12.3. The molecule has 1 aromatic rings. The highest BCUT2D eigenvalue weighted by atomic mass is 32.1. The molecule has 0 aromatic carbocycles. The van der Waals surface area contributed by atoms with Gasteiger partial charge >= 0.3 is 0 Å². The minimum absolute atomic E-state index is 0.553. The van der Waals surface area contributed by atoms with Gasteiger partial charge in [-0.05, 0) is 69.8 Å². The molecule has 1 aliphatic heterocycles. The van der Waals surface area contributed by atoms with Gasteiger partial charge in [0.2, 0.25) is 0 Å². The number of rotatable bonds is 4. The summed E-state index contributed by atoms with van der Waals surface area (Å²) in [5.74, 6) is 0.830. The van der Waals surface area contributed by atoms with Crippen LogP contribution in [0.25, 0.3) is 0 Å². The summed E-state index contributed by atoms with van der Waals surface area (Å²) in [6, 6.07) is 2.78. The summed E-state index contributed by atoms with van der Waals surface area (Å²) >= 11 is 1.89. The molecule has 2 atom stereocenters. The van der Waals surface area contributed by atoms with Crippen molar-refractivity contribution < 1.29 is 0 Å². The maximum Gasteiger partial charge on any atom is 0.0413 e. The third-order valence-corrected chi connectivity index (χ3v) is 5.08. The van der Waals surface area contributed by atoms with E-state index in [-0.39, 0.29) is 0 Å². The van der Waals surface area contributed by atoms with E-state index in [9.17, 15) is 0 Å². The van der Waals surface area contributed by atoms with E-state index in [1.807, 2.05) is 11.3 Å². The quantitative estimate of drug-likeness (QED) is 0.886. The van der Waals surface area contributed by atoms with Crippen molar-refractivity contribution in [3.8, 4) is 0 Å². The van der Waals surface area contributed by atoms with Crippen molar-refractivity contribution in [1.29, 1.82) is 0 Å². The minimum atomic E-state index is 0.553. The van der Waals surface area contributed by atoms with Gasteiger partial charge < -0.3 is 5.32 Å². The van der Waals surface area contributed by atoms with Crippen molar-refractivity contribution in [1.82, 2.24) is 10.2 Å². The van der Waals surface area contributed by atoms with Crippen LogP contribution in [0.1, 0.15) is 36.2 Å². The maximum atomic E-state index is 3.50. The second-order valence-corrected chi connectivity index (χ2v) is 6.24. The zero-order valence-electron chi connectivity index (χ0n) is 11.2. The summed E-state index contributed by atoms with van der Waals surface area (Å²) in [6.07, 6.45) is 2.72. The van der Waals surface area contributed by atoms with Crippen molar-refractivity contribution in [2.75, 3.05) is 26.7 Å². The van der Waals surface area contributed by atoms with Crippen molar-refractivity contribution >= 4 is 11.3 Å². The van der Waals surface area contributed by atoms with E-state index in [1.165, 1.54) is 42.9 Å². The molecule has 0 saturated carbocycles. The molecule has 0 amide bonds. The van der Waals surface area contributed by atoms with Crippen LogP contribution in [0.4, 0.5) is 0 Å². The third-order valence-electron chi connectivity index (χ3n) is 3.89. The molecule has 1 N–H and O–H groups in total. The third kappa shape index (κ3) is 3.30. The van der Waals surface area contributed by atoms with Crippen molar-refractivity contribution in [3.63, 3.8) is 0 Å². The molecule has 2 unspecified atom stereocenters. The van der Waals surface area contributed by atoms with E-state index < -0.39 is 0 Å². The molecule has 0 radical (unpaired) electrons. The fraction of sp³-hybridized carbons (Fsp3) is 0.714. The van der Waals surface area contributed by atoms with Gasteiger partial charge in [-0.3, -0.25) is 4.90 Å². The van der Waals surface area contributed by atoms with Gasteiger partial charge in [-0.25, -0.2) is 0 Å². The van der Waals surface area contributed by atoms with Crippen LogP contribution in [0.5, 0.6) is 0 Å². The summed E-state index contributed by atoms with van der Waals surface area (Å²) in [5, 5.41) is 5.71. The van der Waals surface area contributed by atoms with E-state index in [0.29, 0.717) is 6.04 Å². The lowest BCUT2D eigenvalue weighted by atomic mass is 9.98. The van der Waals surface area contributed by atoms with E-state index in [0.717, 1.165) is 5.92 Å². The smallest absolute Gasteiger partial charge is 0.0413 e. The van der Waals surface area contributed by atoms with Gasteiger partial charge in [0.1, 0.15) is 0 Å². The largest absolute Gasteiger partial charge is 0.316 e. The number of hydrogen-bond acceptors (Lipinski definition) is 3. The predicted octanol–water partition coefficient (Wildman–Crippen LogP) is 3.05. The topological polar surface area (TPSA) is 15.3 Å². The van der Waals surface area contributed by atoms with E-state index in [1.54, 1.807) is 0 Å². The summed E-state index contributed by atoms with van der Waals surface area (Å²) in [6.45, 7) is 8.17. The number of piperidine rings is 1. The Hall–Kier alpha value is -0.380. The molecule has 1 aliphatic rings. The summed E-state index contributed by atoms with van der Waals surface area (Å²) < 4.78 is 0. The zero-order valence-corrected chi connectivity index (χ0v) is 12.0. The van der Waals surface area contributed by atoms with Crippen molar-refractivity contribution in [2.45, 2.75) is 32.7 Å². The average molecular weight is 252 g/mol. The summed E-state index contributed by atoms with van der Waals surface area (Å²) in [4.78, 5) is 4.03. The van der Waals surface area contributed by atoms with Crippen LogP contribution >= 0.6 is 11.3 Å². The van der Waals surface area contributed by atoms with Crippen LogP contribution in [0.2, 0.25) is 0 Å². The molecule has 0 bridgehead atoms. The monoisotopic (exact) mass is 252 g/mol. The molecule has 0 aliphatic carbocycles. The lowest BCUT2D eigenvalue weighted by Gasteiger charge is -2.31. The summed E-state index contributed by atoms with van der Waals surface area (Å²) in [7, 11) is 2.26. The molecule has 3 heteroatoms. The van der Waals surface area contributed by atoms with Gasteiger partial charge in [-0.2, -0.15) is 0 Å². The lowest BCUT2D eigenvalue weighted by molar-refractivity contribution is 0.201. The van der Waals surface area contributed by atoms with Crippen LogP contribution in [-0.4, -0.2) is 31.6 Å². The fourth-order valence-electron chi connectivity index (χ4n) is 2.66. The highest BCUT2D eigenvalue weighted by Crippen LogP contribution is 2.28. The predicted molar refractivity (Wildman–Crippen MR) is 75.7 cm³/mol. The Kier molecular flexibility index (Phi) is 4.60. The second-order valence-electron chi connectivity index (χ2n) is 5.30. The first-order valence-corrected chi connectivity index (χ1v) is 7.51. The van der Waals surface area contributed by atoms with Crippen molar-refractivity contribution in [3.05, 3.63) is 21.9 Å². The Labute approximate surface area is 109 Å². The van der Waals surface area contributed by atoms with E-state index in [2.05, 4.69) is 42.6 Å². The van der Waals surface area contributed by atoms with Gasteiger partial charge in [0.15, 0.2) is 0 Å². The van der Waals surface area contributed by atoms with Gasteiger partial charge in [-0.15, -0.1) is 11.3 Å². The van der Waals surface area contributed by atoms with Gasteiger partial charge in [0.05, 0.1) is 0 Å². The van der Waals surface area contributed by atoms with Crippen LogP contribution in [0.3, 0.4) is 0 Å². The first-order chi connectivity index (χ1) is 8.18. The number of thiophene rings is 1. The van der Waals surface area contributed by atoms with E-state index in [4.69, 9.17) is 0 Å². The Morgan fingerprint density at radius 3 is 3.00 bits per heavy atom. The van der Waals surface area contributed by atoms with Gasteiger partial charge in [0.25, 0.3) is 0 Å². The van der Waals surface area contributed by atoms with Gasteiger partial charge in [-0.1, -0.05) is 0 Å². The first kappa shape index (κ1) is 13.1. The van der Waals surface area contributed by atoms with Crippen LogP contribution in [0, 0.1) is 12.8 Å². The molecule has 17 heavy (non-hydrogen) atoms. The standard InChI is InChI=1S/C14H24N2S/c1-11-6-8-17-14(11)12(2)16(3)10-13-5-4-7-15-9-13/h6,8,12-13,15H,4-5,7,9-10H2,1-3H3. The molecule has 1 saturated heterocycles. The fourth-order valence-corrected chi connectivity index (χ4v) is 3.71. The number of nitrogens with zero attached hydrogens (tertiary/aromatic N) is 1. The van der Waals surface area contributed by atoms with Crippen LogP contribution in [0.15, 0.2) is 11.4 Å². The molecule has 96 valence electrons. The summed E-state index contributed by atoms with van der Waals surface area (Å²) in [5.41, 5.74) is 1.44. The average Bonchev–Trinajstić information content (AvgIpc) is 2.76. The van der Waals surface area contributed by atoms with Crippen molar-refractivity contribution in [2.24, 2.45) is 5.92 Å². The highest BCUT2D eigenvalue weighted by Gasteiger charge is 2.20. The van der Waals surface area contributed by atoms with Crippen LogP contribution < -0.4 is 5.32 Å². The number of nitrogens with one attached hydrogen (secondary N) is 1. The Morgan fingerprint density at radius 1 is 1.59 bits per heavy atom. The van der Waals surface area contributed by atoms with Gasteiger partial charge in [0, 0.05) is 17.5 Å². The molecular formula is C14H24N2S. The SMILES string of the molecule is Cc1ccsc1C(C)N(C)CC1CCCNC1. The normalized spacial score (nSPS) is 22.9. The molecule has 1 aromatic heterocycles. The molecular weight excluding hydrogens is 228 g/mol. The van der Waals surface area contributed by atoms with E-state index >= 15 is 0 Å². The lowest BCUT2D eigenvalue weighted by Crippen LogP contribution is -2.37. The Bertz CT molecular complexity index is 342. The molecule has 0 spiro atoms. The number of aryl methyl sites for hydroxylation is 1. The molecule has 1 fully saturated rings. The Morgan fingerprint density at radius 2 is 2.41 bits per heavy atom. The Balaban J connectivity index is 1.90. The number of hydrogen-bond donors (Lipinski definition) is 1. The highest BCUT2D eigenvalue weighted by molar-refractivity contribution is 7.10. The minimum Gasteiger partial charge on any atom is -0.316 e. The molecule has 2 rings (SSSR count). The maximum absolute atomic E-state index is 3.50. The first-order valence-electron chi connectivity index (χ1n) is 6.63. The van der Waals surface area contributed by atoms with Crippen LogP contribution in [-0.2, 0) is 0 Å². The molecule has 2 heterocycles. The molecule has 2 nitrogen and oxygen atoms in total.